The molecule has 1 aromatic carbocycles. The van der Waals surface area contributed by atoms with Crippen LogP contribution >= 0.6 is 11.6 Å². The van der Waals surface area contributed by atoms with E-state index >= 15 is 0 Å². The van der Waals surface area contributed by atoms with Gasteiger partial charge in [-0.05, 0) is 90.0 Å². The van der Waals surface area contributed by atoms with E-state index in [0.717, 1.165) is 41.7 Å². The Labute approximate surface area is 196 Å². The zero-order valence-corrected chi connectivity index (χ0v) is 20.3. The van der Waals surface area contributed by atoms with E-state index in [9.17, 15) is 15.0 Å². The first kappa shape index (κ1) is 25.8. The summed E-state index contributed by atoms with van der Waals surface area (Å²) < 4.78 is 6.27. The van der Waals surface area contributed by atoms with Gasteiger partial charge in [-0.2, -0.15) is 0 Å². The molecule has 0 aliphatic carbocycles. The fraction of sp³-hybridized carbons (Fsp3) is 0.444. The average molecular weight is 459 g/mol. The minimum Gasteiger partial charge on any atom is -0.508 e. The lowest BCUT2D eigenvalue weighted by molar-refractivity contribution is -0.132. The number of fused-ring (bicyclic) bond motifs is 1. The molecule has 5 heteroatoms. The highest BCUT2D eigenvalue weighted by Gasteiger charge is 2.27. The van der Waals surface area contributed by atoms with Gasteiger partial charge in [0, 0.05) is 11.1 Å². The van der Waals surface area contributed by atoms with Gasteiger partial charge in [0.1, 0.15) is 17.1 Å². The zero-order chi connectivity index (χ0) is 23.9. The molecule has 0 amide bonds. The van der Waals surface area contributed by atoms with Crippen LogP contribution in [0.25, 0.3) is 6.08 Å². The monoisotopic (exact) mass is 458 g/mol. The molecular weight excluding hydrogens is 424 g/mol. The van der Waals surface area contributed by atoms with Crippen molar-refractivity contribution in [2.75, 3.05) is 0 Å². The molecule has 1 aliphatic heterocycles. The average Bonchev–Trinajstić information content (AvgIpc) is 2.70. The van der Waals surface area contributed by atoms with Crippen molar-refractivity contribution < 1.29 is 19.7 Å². The molecular formula is C27H35ClO4. The molecule has 0 radical (unpaired) electrons. The van der Waals surface area contributed by atoms with Crippen LogP contribution in [0.1, 0.15) is 70.4 Å². The molecule has 2 rings (SSSR count). The van der Waals surface area contributed by atoms with E-state index in [1.165, 1.54) is 5.57 Å². The first-order valence-corrected chi connectivity index (χ1v) is 11.5. The maximum absolute atomic E-state index is 11.5. The lowest BCUT2D eigenvalue weighted by Gasteiger charge is -2.32. The largest absolute Gasteiger partial charge is 0.508 e. The fourth-order valence-electron chi connectivity index (χ4n) is 3.72. The molecule has 0 bridgehead atoms. The molecule has 4 nitrogen and oxygen atoms in total. The van der Waals surface area contributed by atoms with Crippen molar-refractivity contribution in [3.05, 3.63) is 64.8 Å². The number of hydrogen-bond acceptors (Lipinski definition) is 3. The van der Waals surface area contributed by atoms with Gasteiger partial charge in [0.2, 0.25) is 0 Å². The Bertz CT molecular complexity index is 941. The van der Waals surface area contributed by atoms with E-state index in [1.54, 1.807) is 12.1 Å². The van der Waals surface area contributed by atoms with Crippen LogP contribution in [0.2, 0.25) is 0 Å². The number of ether oxygens (including phenoxy) is 1. The van der Waals surface area contributed by atoms with Gasteiger partial charge in [-0.1, -0.05) is 36.0 Å². The number of aryl methyl sites for hydroxylation is 1. The molecule has 0 spiro atoms. The Morgan fingerprint density at radius 1 is 1.25 bits per heavy atom. The molecule has 0 fully saturated rings. The second-order valence-electron chi connectivity index (χ2n) is 8.94. The summed E-state index contributed by atoms with van der Waals surface area (Å²) in [6.07, 6.45) is 12.3. The zero-order valence-electron chi connectivity index (χ0n) is 19.6. The maximum atomic E-state index is 11.5. The van der Waals surface area contributed by atoms with E-state index in [-0.39, 0.29) is 11.1 Å². The Hall–Kier alpha value is -2.46. The Balaban J connectivity index is 1.87. The number of phenolic OH excluding ortho intramolecular Hbond substituents is 1. The van der Waals surface area contributed by atoms with E-state index in [4.69, 9.17) is 16.3 Å². The summed E-state index contributed by atoms with van der Waals surface area (Å²) in [7, 11) is 0. The van der Waals surface area contributed by atoms with Crippen molar-refractivity contribution >= 4 is 23.6 Å². The Kier molecular flexibility index (Phi) is 9.21. The Morgan fingerprint density at radius 3 is 2.62 bits per heavy atom. The molecule has 0 saturated carbocycles. The quantitative estimate of drug-likeness (QED) is 0.206. The SMILES string of the molecule is C=C(C)[C@H](Cl)CC/C(=C/CC/C(C)=C\CC[C@]1(C)C=Cc2cc(O)cc(C)c2O1)C(=O)O. The van der Waals surface area contributed by atoms with Crippen LogP contribution in [0.15, 0.2) is 53.7 Å². The van der Waals surface area contributed by atoms with Gasteiger partial charge in [-0.3, -0.25) is 0 Å². The molecule has 1 heterocycles. The molecule has 1 aromatic rings. The summed E-state index contributed by atoms with van der Waals surface area (Å²) in [5, 5.41) is 19.0. The van der Waals surface area contributed by atoms with E-state index < -0.39 is 11.6 Å². The van der Waals surface area contributed by atoms with Crippen molar-refractivity contribution in [3.63, 3.8) is 0 Å². The number of alkyl halides is 1. The first-order chi connectivity index (χ1) is 15.0. The number of rotatable bonds is 11. The number of allylic oxidation sites excluding steroid dienone is 4. The van der Waals surface area contributed by atoms with E-state index in [0.29, 0.717) is 24.8 Å². The molecule has 174 valence electrons. The summed E-state index contributed by atoms with van der Waals surface area (Å²) in [5.74, 6) is 0.191. The summed E-state index contributed by atoms with van der Waals surface area (Å²) in [6, 6.07) is 3.43. The van der Waals surface area contributed by atoms with Gasteiger partial charge in [0.15, 0.2) is 0 Å². The standard InChI is InChI=1S/C27H35ClO4/c1-18(2)24(28)12-11-21(26(30)31)10-6-8-19(3)9-7-14-27(5)15-13-22-17-23(29)16-20(4)25(22)32-27/h9-10,13,15-17,24,29H,1,6-8,11-12,14H2,2-5H3,(H,30,31)/b19-9-,21-10-/t24-,27-/m1/s1. The number of benzene rings is 1. The third kappa shape index (κ3) is 7.59. The number of carboxylic acids is 1. The molecule has 0 aromatic heterocycles. The highest BCUT2D eigenvalue weighted by Crippen LogP contribution is 2.38. The molecule has 0 unspecified atom stereocenters. The predicted molar refractivity (Wildman–Crippen MR) is 133 cm³/mol. The molecule has 2 atom stereocenters. The molecule has 32 heavy (non-hydrogen) atoms. The van der Waals surface area contributed by atoms with Gasteiger partial charge >= 0.3 is 5.97 Å². The summed E-state index contributed by atoms with van der Waals surface area (Å²) in [6.45, 7) is 11.8. The van der Waals surface area contributed by atoms with Crippen molar-refractivity contribution in [3.8, 4) is 11.5 Å². The highest BCUT2D eigenvalue weighted by molar-refractivity contribution is 6.22. The number of carbonyl (C=O) groups is 1. The van der Waals surface area contributed by atoms with Crippen molar-refractivity contribution in [2.24, 2.45) is 0 Å². The smallest absolute Gasteiger partial charge is 0.331 e. The maximum Gasteiger partial charge on any atom is 0.331 e. The third-order valence-electron chi connectivity index (χ3n) is 5.78. The van der Waals surface area contributed by atoms with Crippen molar-refractivity contribution in [1.82, 2.24) is 0 Å². The summed E-state index contributed by atoms with van der Waals surface area (Å²) >= 11 is 6.17. The number of aromatic hydroxyl groups is 1. The highest BCUT2D eigenvalue weighted by atomic mass is 35.5. The van der Waals surface area contributed by atoms with Crippen LogP contribution in [-0.2, 0) is 4.79 Å². The summed E-state index contributed by atoms with van der Waals surface area (Å²) in [4.78, 5) is 11.5. The Morgan fingerprint density at radius 2 is 1.97 bits per heavy atom. The van der Waals surface area contributed by atoms with Gasteiger partial charge in [-0.25, -0.2) is 4.79 Å². The van der Waals surface area contributed by atoms with Crippen LogP contribution in [0.3, 0.4) is 0 Å². The van der Waals surface area contributed by atoms with Crippen LogP contribution in [-0.4, -0.2) is 27.2 Å². The first-order valence-electron chi connectivity index (χ1n) is 11.1. The second-order valence-corrected chi connectivity index (χ2v) is 9.47. The van der Waals surface area contributed by atoms with Gasteiger partial charge < -0.3 is 14.9 Å². The van der Waals surface area contributed by atoms with Crippen LogP contribution < -0.4 is 4.74 Å². The van der Waals surface area contributed by atoms with Crippen LogP contribution in [0.5, 0.6) is 11.5 Å². The lowest BCUT2D eigenvalue weighted by atomic mass is 9.93. The predicted octanol–water partition coefficient (Wildman–Crippen LogP) is 7.35. The van der Waals surface area contributed by atoms with Crippen LogP contribution in [0.4, 0.5) is 0 Å². The van der Waals surface area contributed by atoms with Crippen LogP contribution in [0, 0.1) is 6.92 Å². The van der Waals surface area contributed by atoms with Gasteiger partial charge in [0.25, 0.3) is 0 Å². The van der Waals surface area contributed by atoms with Crippen molar-refractivity contribution in [2.45, 2.75) is 77.2 Å². The molecule has 0 saturated heterocycles. The summed E-state index contributed by atoms with van der Waals surface area (Å²) in [5.41, 5.74) is 3.93. The third-order valence-corrected chi connectivity index (χ3v) is 6.37. The van der Waals surface area contributed by atoms with Gasteiger partial charge in [0.05, 0.1) is 5.38 Å². The van der Waals surface area contributed by atoms with E-state index in [1.807, 2.05) is 32.1 Å². The molecule has 1 aliphatic rings. The minimum absolute atomic E-state index is 0.196. The van der Waals surface area contributed by atoms with Gasteiger partial charge in [-0.15, -0.1) is 11.6 Å². The van der Waals surface area contributed by atoms with E-state index in [2.05, 4.69) is 26.5 Å². The fourth-order valence-corrected chi connectivity index (χ4v) is 3.83. The normalized spacial score (nSPS) is 19.3. The number of phenols is 1. The lowest BCUT2D eigenvalue weighted by Crippen LogP contribution is -2.32. The number of halogens is 1. The number of carboxylic acid groups (broad SMARTS) is 1. The molecule has 2 N–H and O–H groups in total. The number of hydrogen-bond donors (Lipinski definition) is 2. The minimum atomic E-state index is -0.879. The van der Waals surface area contributed by atoms with Crippen molar-refractivity contribution in [1.29, 1.82) is 0 Å². The second kappa shape index (κ2) is 11.4. The topological polar surface area (TPSA) is 66.8 Å². The number of aliphatic carboxylic acids is 1.